The van der Waals surface area contributed by atoms with Crippen LogP contribution in [0.25, 0.3) is 16.6 Å². The number of ether oxygens (including phenoxy) is 2. The second kappa shape index (κ2) is 17.8. The van der Waals surface area contributed by atoms with Gasteiger partial charge in [0.15, 0.2) is 0 Å². The van der Waals surface area contributed by atoms with Crippen LogP contribution < -0.4 is 19.7 Å². The molecule has 0 saturated carbocycles. The summed E-state index contributed by atoms with van der Waals surface area (Å²) in [6.07, 6.45) is -4.49. The number of hydrogen-bond acceptors (Lipinski definition) is 12. The summed E-state index contributed by atoms with van der Waals surface area (Å²) >= 11 is 0. The number of anilines is 1. The van der Waals surface area contributed by atoms with Gasteiger partial charge in [0.05, 0.1) is 37.1 Å². The lowest BCUT2D eigenvalue weighted by atomic mass is 9.87. The minimum absolute atomic E-state index is 0.127. The maximum absolute atomic E-state index is 10.7. The van der Waals surface area contributed by atoms with E-state index in [1.165, 1.54) is 18.2 Å². The predicted molar refractivity (Wildman–Crippen MR) is 179 cm³/mol. The van der Waals surface area contributed by atoms with Crippen molar-refractivity contribution in [1.29, 1.82) is 5.26 Å². The highest BCUT2D eigenvalue weighted by molar-refractivity contribution is 5.85. The number of rotatable bonds is 10. The van der Waals surface area contributed by atoms with Crippen LogP contribution in [0.3, 0.4) is 0 Å². The third kappa shape index (κ3) is 11.1. The van der Waals surface area contributed by atoms with Crippen LogP contribution in [0.15, 0.2) is 55.1 Å². The van der Waals surface area contributed by atoms with Crippen LogP contribution in [0.2, 0.25) is 0 Å². The zero-order valence-electron chi connectivity index (χ0n) is 28.9. The molecule has 3 aliphatic rings. The first kappa shape index (κ1) is 42.3. The zero-order valence-corrected chi connectivity index (χ0v) is 28.9. The van der Waals surface area contributed by atoms with Crippen molar-refractivity contribution in [3.63, 3.8) is 0 Å². The van der Waals surface area contributed by atoms with Gasteiger partial charge in [-0.25, -0.2) is 28.9 Å². The van der Waals surface area contributed by atoms with Crippen LogP contribution in [0, 0.1) is 11.3 Å². The zero-order chi connectivity index (χ0) is 41.4. The van der Waals surface area contributed by atoms with E-state index in [0.717, 1.165) is 31.0 Å². The van der Waals surface area contributed by atoms with Crippen molar-refractivity contribution in [3.8, 4) is 28.8 Å². The van der Waals surface area contributed by atoms with Crippen LogP contribution in [-0.4, -0.2) is 127 Å². The summed E-state index contributed by atoms with van der Waals surface area (Å²) in [6, 6.07) is 12.8. The van der Waals surface area contributed by atoms with Crippen LogP contribution in [0.5, 0.6) is 11.6 Å². The number of aliphatic carboxylic acids is 2. The summed E-state index contributed by atoms with van der Waals surface area (Å²) in [6.45, 7) is 2.35. The number of nitrogens with one attached hydrogen (secondary N) is 1. The topological polar surface area (TPSA) is 236 Å². The number of nitrogens with zero attached hydrogens (tertiary/aromatic N) is 7. The predicted octanol–water partition coefficient (Wildman–Crippen LogP) is 3.41. The van der Waals surface area contributed by atoms with E-state index < -0.39 is 36.5 Å². The van der Waals surface area contributed by atoms with E-state index >= 15 is 0 Å². The summed E-state index contributed by atoms with van der Waals surface area (Å²) in [7, 11) is 1.62. The standard InChI is InChI=1S/C29H30N8O5.2C2HF3O2/c1-41-27-5-2-18(9-32-27)13-36-21-6-22(36)15-35(14-21)26-4-3-19(10-31-26)25-7-24(42-17-23(38)12-33-29(39)40)16-37-28(25)20(8-30)11-34-37;2*3-2(4,5)1(6)7/h2-5,7,9-11,16,21-23,33,38H,6,12-15,17H2,1H3,(H,39,40);2*(H,6,7)/t21?,22?,23-;;/m1../s1. The molecule has 300 valence electrons. The molecule has 0 radical (unpaired) electrons. The van der Waals surface area contributed by atoms with Gasteiger partial charge in [-0.1, -0.05) is 6.07 Å². The van der Waals surface area contributed by atoms with Crippen LogP contribution in [0.1, 0.15) is 17.5 Å². The number of methoxy groups -OCH3 is 1. The Labute approximate surface area is 311 Å². The number of alkyl halides is 6. The number of carbonyl (C=O) groups is 3. The van der Waals surface area contributed by atoms with Gasteiger partial charge in [-0.2, -0.15) is 36.7 Å². The average molecular weight is 799 g/mol. The number of nitriles is 1. The molecule has 17 nitrogen and oxygen atoms in total. The summed E-state index contributed by atoms with van der Waals surface area (Å²) in [5.41, 5.74) is 3.70. The van der Waals surface area contributed by atoms with E-state index in [-0.39, 0.29) is 13.2 Å². The van der Waals surface area contributed by atoms with E-state index in [1.54, 1.807) is 30.1 Å². The minimum atomic E-state index is -5.08. The molecule has 2 bridgehead atoms. The third-order valence-electron chi connectivity index (χ3n) is 8.22. The van der Waals surface area contributed by atoms with Crippen molar-refractivity contribution in [2.45, 2.75) is 43.5 Å². The lowest BCUT2D eigenvalue weighted by molar-refractivity contribution is -0.193. The number of piperazine rings is 1. The third-order valence-corrected chi connectivity index (χ3v) is 8.22. The maximum Gasteiger partial charge on any atom is 0.490 e. The van der Waals surface area contributed by atoms with E-state index in [4.69, 9.17) is 39.4 Å². The van der Waals surface area contributed by atoms with Gasteiger partial charge >= 0.3 is 30.4 Å². The van der Waals surface area contributed by atoms with Crippen molar-refractivity contribution in [3.05, 3.63) is 66.2 Å². The fourth-order valence-corrected chi connectivity index (χ4v) is 5.64. The first-order chi connectivity index (χ1) is 26.3. The van der Waals surface area contributed by atoms with Gasteiger partial charge in [-0.3, -0.25) is 4.90 Å². The lowest BCUT2D eigenvalue weighted by Gasteiger charge is -2.56. The molecule has 7 rings (SSSR count). The Morgan fingerprint density at radius 1 is 0.982 bits per heavy atom. The number of carboxylic acids is 2. The average Bonchev–Trinajstić information content (AvgIpc) is 3.58. The summed E-state index contributed by atoms with van der Waals surface area (Å²) < 4.78 is 75.9. The largest absolute Gasteiger partial charge is 0.490 e. The summed E-state index contributed by atoms with van der Waals surface area (Å²) in [5.74, 6) is -3.60. The molecular formula is C33H32F6N8O9. The van der Waals surface area contributed by atoms with Crippen molar-refractivity contribution in [2.24, 2.45) is 0 Å². The molecule has 2 unspecified atom stereocenters. The fourth-order valence-electron chi connectivity index (χ4n) is 5.64. The van der Waals surface area contributed by atoms with Crippen molar-refractivity contribution >= 4 is 29.4 Å². The van der Waals surface area contributed by atoms with E-state index in [1.807, 2.05) is 24.4 Å². The SMILES string of the molecule is COc1ccc(CN2C3CC2CN(c2ccc(-c4cc(OC[C@H](O)CNC(=O)O)cn5ncc(C#N)c45)cn2)C3)cn1.O=C(O)C(F)(F)F.O=C(O)C(F)(F)F. The van der Waals surface area contributed by atoms with Crippen LogP contribution in [-0.2, 0) is 16.1 Å². The fraction of sp³-hybridized carbons (Fsp3) is 0.364. The number of carboxylic acid groups (broad SMARTS) is 3. The van der Waals surface area contributed by atoms with Crippen molar-refractivity contribution in [2.75, 3.05) is 38.3 Å². The molecular weight excluding hydrogens is 766 g/mol. The Morgan fingerprint density at radius 2 is 1.62 bits per heavy atom. The molecule has 0 aliphatic carbocycles. The highest BCUT2D eigenvalue weighted by atomic mass is 19.4. The van der Waals surface area contributed by atoms with E-state index in [9.17, 15) is 41.5 Å². The highest BCUT2D eigenvalue weighted by Crippen LogP contribution is 2.36. The molecule has 4 aromatic heterocycles. The second-order valence-electron chi connectivity index (χ2n) is 12.0. The first-order valence-electron chi connectivity index (χ1n) is 16.1. The number of amides is 1. The Kier molecular flexibility index (Phi) is 13.5. The molecule has 0 spiro atoms. The number of aliphatic hydroxyl groups is 1. The van der Waals surface area contributed by atoms with Crippen LogP contribution >= 0.6 is 0 Å². The van der Waals surface area contributed by atoms with Gasteiger partial charge < -0.3 is 40.1 Å². The number of pyridine rings is 3. The van der Waals surface area contributed by atoms with E-state index in [2.05, 4.69) is 37.3 Å². The normalized spacial score (nSPS) is 16.8. The summed E-state index contributed by atoms with van der Waals surface area (Å²) in [5, 5.41) is 49.1. The number of fused-ring (bicyclic) bond motifs is 3. The molecule has 56 heavy (non-hydrogen) atoms. The quantitative estimate of drug-likeness (QED) is 0.145. The Hall–Kier alpha value is -6.41. The highest BCUT2D eigenvalue weighted by Gasteiger charge is 2.44. The molecule has 3 fully saturated rings. The Morgan fingerprint density at radius 3 is 2.12 bits per heavy atom. The number of aromatic nitrogens is 4. The molecule has 3 aliphatic heterocycles. The smallest absolute Gasteiger partial charge is 0.489 e. The number of halogens is 6. The van der Waals surface area contributed by atoms with Crippen molar-refractivity contribution < 1.29 is 70.6 Å². The molecule has 3 atom stereocenters. The van der Waals surface area contributed by atoms with Gasteiger partial charge in [0.2, 0.25) is 5.88 Å². The van der Waals surface area contributed by atoms with Gasteiger partial charge in [-0.05, 0) is 30.2 Å². The number of hydrogen-bond donors (Lipinski definition) is 5. The van der Waals surface area contributed by atoms with Gasteiger partial charge in [0.25, 0.3) is 0 Å². The van der Waals surface area contributed by atoms with Crippen molar-refractivity contribution in [1.82, 2.24) is 29.8 Å². The molecule has 4 aromatic rings. The van der Waals surface area contributed by atoms with E-state index in [0.29, 0.717) is 40.4 Å². The summed E-state index contributed by atoms with van der Waals surface area (Å²) in [4.78, 5) is 42.4. The Balaban J connectivity index is 0.000000425. The maximum atomic E-state index is 10.7. The molecule has 0 aromatic carbocycles. The first-order valence-corrected chi connectivity index (χ1v) is 16.1. The Bertz CT molecular complexity index is 2000. The lowest BCUT2D eigenvalue weighted by Crippen LogP contribution is -2.68. The van der Waals surface area contributed by atoms with Gasteiger partial charge in [0.1, 0.15) is 30.3 Å². The minimum Gasteiger partial charge on any atom is -0.489 e. The molecule has 1 amide bonds. The number of piperidine rings is 1. The van der Waals surface area contributed by atoms with Crippen LogP contribution in [0.4, 0.5) is 37.0 Å². The molecule has 23 heteroatoms. The molecule has 7 heterocycles. The monoisotopic (exact) mass is 798 g/mol. The van der Waals surface area contributed by atoms with Gasteiger partial charge in [0, 0.05) is 61.3 Å². The molecule has 3 saturated heterocycles. The number of aliphatic hydroxyl groups excluding tert-OH is 1. The van der Waals surface area contributed by atoms with Gasteiger partial charge in [-0.15, -0.1) is 0 Å². The molecule has 5 N–H and O–H groups in total. The second-order valence-corrected chi connectivity index (χ2v) is 12.0.